The van der Waals surface area contributed by atoms with Crippen molar-refractivity contribution >= 4 is 5.84 Å². The molecule has 0 aromatic heterocycles. The van der Waals surface area contributed by atoms with Gasteiger partial charge in [0.25, 0.3) is 0 Å². The van der Waals surface area contributed by atoms with Crippen LogP contribution in [0.1, 0.15) is 37.3 Å². The van der Waals surface area contributed by atoms with Crippen LogP contribution in [-0.2, 0) is 0 Å². The van der Waals surface area contributed by atoms with Gasteiger partial charge in [-0.05, 0) is 24.8 Å². The molecule has 84 valence electrons. The molecule has 0 bridgehead atoms. The largest absolute Gasteiger partial charge is 0.353 e. The van der Waals surface area contributed by atoms with Gasteiger partial charge in [-0.25, -0.2) is 0 Å². The second-order valence-electron chi connectivity index (χ2n) is 4.66. The quantitative estimate of drug-likeness (QED) is 0.701. The van der Waals surface area contributed by atoms with Gasteiger partial charge in [-0.15, -0.1) is 0 Å². The molecule has 0 spiro atoms. The summed E-state index contributed by atoms with van der Waals surface area (Å²) >= 11 is 0. The van der Waals surface area contributed by atoms with Gasteiger partial charge >= 0.3 is 0 Å². The third-order valence-electron chi connectivity index (χ3n) is 3.62. The molecule has 1 aromatic rings. The van der Waals surface area contributed by atoms with Crippen molar-refractivity contribution in [3.8, 4) is 0 Å². The Kier molecular flexibility index (Phi) is 2.65. The monoisotopic (exact) mass is 214 g/mol. The lowest BCUT2D eigenvalue weighted by atomic mass is 10.0. The minimum atomic E-state index is 0.582. The molecule has 0 N–H and O–H groups in total. The number of nitrogens with zero attached hydrogens (tertiary/aromatic N) is 2. The Labute approximate surface area is 97.0 Å². The van der Waals surface area contributed by atoms with E-state index in [9.17, 15) is 0 Å². The second-order valence-corrected chi connectivity index (χ2v) is 4.66. The Hall–Kier alpha value is -1.31. The Balaban J connectivity index is 1.84. The van der Waals surface area contributed by atoms with Gasteiger partial charge in [-0.1, -0.05) is 30.3 Å². The molecule has 0 amide bonds. The number of likely N-dealkylation sites (tertiary alicyclic amines) is 1. The van der Waals surface area contributed by atoms with E-state index in [0.717, 1.165) is 6.54 Å². The normalized spacial score (nSPS) is 24.9. The molecule has 1 atom stereocenters. The van der Waals surface area contributed by atoms with E-state index in [4.69, 9.17) is 0 Å². The van der Waals surface area contributed by atoms with Crippen molar-refractivity contribution < 1.29 is 0 Å². The average Bonchev–Trinajstić information content (AvgIpc) is 3.01. The molecule has 2 aliphatic rings. The van der Waals surface area contributed by atoms with E-state index in [1.165, 1.54) is 43.6 Å². The van der Waals surface area contributed by atoms with Crippen LogP contribution in [0, 0.1) is 0 Å². The van der Waals surface area contributed by atoms with Crippen molar-refractivity contribution in [2.45, 2.75) is 31.7 Å². The minimum absolute atomic E-state index is 0.582. The molecule has 2 aliphatic heterocycles. The van der Waals surface area contributed by atoms with Crippen LogP contribution in [0.3, 0.4) is 0 Å². The zero-order valence-corrected chi connectivity index (χ0v) is 9.60. The number of rotatable bonds is 1. The van der Waals surface area contributed by atoms with Gasteiger partial charge in [0.15, 0.2) is 0 Å². The molecular weight excluding hydrogens is 196 g/mol. The molecule has 2 heteroatoms. The average molecular weight is 214 g/mol. The molecular formula is C14H18N2. The van der Waals surface area contributed by atoms with Crippen LogP contribution in [0.25, 0.3) is 0 Å². The lowest BCUT2D eigenvalue weighted by Gasteiger charge is -2.26. The molecule has 3 rings (SSSR count). The van der Waals surface area contributed by atoms with Crippen molar-refractivity contribution in [2.24, 2.45) is 4.99 Å². The van der Waals surface area contributed by atoms with E-state index in [-0.39, 0.29) is 0 Å². The van der Waals surface area contributed by atoms with Crippen molar-refractivity contribution in [1.82, 2.24) is 4.90 Å². The van der Waals surface area contributed by atoms with Gasteiger partial charge in [0.1, 0.15) is 0 Å². The smallest absolute Gasteiger partial charge is 0.0994 e. The molecule has 1 aromatic carbocycles. The zero-order valence-electron chi connectivity index (χ0n) is 9.60. The van der Waals surface area contributed by atoms with Gasteiger partial charge in [0.2, 0.25) is 0 Å². The van der Waals surface area contributed by atoms with E-state index < -0.39 is 0 Å². The van der Waals surface area contributed by atoms with Crippen LogP contribution >= 0.6 is 0 Å². The summed E-state index contributed by atoms with van der Waals surface area (Å²) < 4.78 is 0. The molecule has 2 nitrogen and oxygen atoms in total. The first-order chi connectivity index (χ1) is 7.95. The third kappa shape index (κ3) is 1.73. The second kappa shape index (κ2) is 4.28. The van der Waals surface area contributed by atoms with Crippen molar-refractivity contribution in [3.63, 3.8) is 0 Å². The standard InChI is InChI=1S/C14H18N2/c1-2-6-12(7-3-1)13-8-5-11-16(13)14-9-4-10-15-14/h1-3,6-7,13H,4-5,8-11H2. The van der Waals surface area contributed by atoms with Crippen molar-refractivity contribution in [2.75, 3.05) is 13.1 Å². The number of aliphatic imine (C=N–C) groups is 1. The van der Waals surface area contributed by atoms with Gasteiger partial charge in [-0.2, -0.15) is 0 Å². The molecule has 1 saturated heterocycles. The van der Waals surface area contributed by atoms with Crippen LogP contribution in [0.5, 0.6) is 0 Å². The Morgan fingerprint density at radius 3 is 2.75 bits per heavy atom. The van der Waals surface area contributed by atoms with E-state index in [2.05, 4.69) is 40.2 Å². The fourth-order valence-corrected chi connectivity index (χ4v) is 2.86. The van der Waals surface area contributed by atoms with E-state index >= 15 is 0 Å². The highest BCUT2D eigenvalue weighted by molar-refractivity contribution is 5.84. The Bertz CT molecular complexity index is 383. The molecule has 0 radical (unpaired) electrons. The Morgan fingerprint density at radius 2 is 2.00 bits per heavy atom. The Morgan fingerprint density at radius 1 is 1.12 bits per heavy atom. The summed E-state index contributed by atoms with van der Waals surface area (Å²) in [4.78, 5) is 7.17. The number of hydrogen-bond donors (Lipinski definition) is 0. The number of hydrogen-bond acceptors (Lipinski definition) is 2. The molecule has 16 heavy (non-hydrogen) atoms. The maximum Gasteiger partial charge on any atom is 0.0994 e. The summed E-state index contributed by atoms with van der Waals surface area (Å²) in [6.45, 7) is 2.23. The summed E-state index contributed by atoms with van der Waals surface area (Å²) in [6.07, 6.45) is 5.01. The fourth-order valence-electron chi connectivity index (χ4n) is 2.86. The van der Waals surface area contributed by atoms with E-state index in [0.29, 0.717) is 6.04 Å². The predicted molar refractivity (Wildman–Crippen MR) is 66.7 cm³/mol. The van der Waals surface area contributed by atoms with E-state index in [1.807, 2.05) is 0 Å². The zero-order chi connectivity index (χ0) is 10.8. The van der Waals surface area contributed by atoms with Crippen LogP contribution in [0.4, 0.5) is 0 Å². The van der Waals surface area contributed by atoms with E-state index in [1.54, 1.807) is 0 Å². The van der Waals surface area contributed by atoms with Gasteiger partial charge in [-0.3, -0.25) is 4.99 Å². The minimum Gasteiger partial charge on any atom is -0.353 e. The van der Waals surface area contributed by atoms with Gasteiger partial charge < -0.3 is 4.90 Å². The topological polar surface area (TPSA) is 15.6 Å². The van der Waals surface area contributed by atoms with Crippen LogP contribution in [0.2, 0.25) is 0 Å². The summed E-state index contributed by atoms with van der Waals surface area (Å²) in [5.74, 6) is 1.35. The summed E-state index contributed by atoms with van der Waals surface area (Å²) in [7, 11) is 0. The van der Waals surface area contributed by atoms with Crippen LogP contribution in [-0.4, -0.2) is 23.8 Å². The highest BCUT2D eigenvalue weighted by atomic mass is 15.2. The molecule has 1 unspecified atom stereocenters. The lowest BCUT2D eigenvalue weighted by molar-refractivity contribution is 0.395. The molecule has 2 heterocycles. The van der Waals surface area contributed by atoms with Crippen LogP contribution < -0.4 is 0 Å². The summed E-state index contributed by atoms with van der Waals surface area (Å²) in [6, 6.07) is 11.5. The molecule has 1 fully saturated rings. The lowest BCUT2D eigenvalue weighted by Crippen LogP contribution is -2.29. The fraction of sp³-hybridized carbons (Fsp3) is 0.500. The van der Waals surface area contributed by atoms with Gasteiger partial charge in [0.05, 0.1) is 11.9 Å². The van der Waals surface area contributed by atoms with Gasteiger partial charge in [0, 0.05) is 19.5 Å². The molecule has 0 aliphatic carbocycles. The highest BCUT2D eigenvalue weighted by Crippen LogP contribution is 2.33. The summed E-state index contributed by atoms with van der Waals surface area (Å²) in [5.41, 5.74) is 1.45. The number of amidine groups is 1. The maximum absolute atomic E-state index is 4.64. The highest BCUT2D eigenvalue weighted by Gasteiger charge is 2.28. The van der Waals surface area contributed by atoms with Crippen LogP contribution in [0.15, 0.2) is 35.3 Å². The first-order valence-corrected chi connectivity index (χ1v) is 6.30. The van der Waals surface area contributed by atoms with Crippen molar-refractivity contribution in [3.05, 3.63) is 35.9 Å². The SMILES string of the molecule is c1ccc(C2CCCN2C2=NCCC2)cc1. The molecule has 0 saturated carbocycles. The number of benzene rings is 1. The predicted octanol–water partition coefficient (Wildman–Crippen LogP) is 3.02. The first-order valence-electron chi connectivity index (χ1n) is 6.30. The van der Waals surface area contributed by atoms with Crippen molar-refractivity contribution in [1.29, 1.82) is 0 Å². The maximum atomic E-state index is 4.64. The first kappa shape index (κ1) is 9.88. The summed E-state index contributed by atoms with van der Waals surface area (Å²) in [5, 5.41) is 0. The third-order valence-corrected chi connectivity index (χ3v) is 3.62.